The van der Waals surface area contributed by atoms with Crippen molar-refractivity contribution in [2.75, 3.05) is 13.1 Å². The zero-order valence-electron chi connectivity index (χ0n) is 15.7. The number of aryl methyl sites for hydroxylation is 2. The molecule has 0 bridgehead atoms. The normalized spacial score (nSPS) is 17.5. The molecule has 1 aromatic rings. The highest BCUT2D eigenvalue weighted by molar-refractivity contribution is 5.21. The number of hydrogen-bond donors (Lipinski definition) is 1. The maximum absolute atomic E-state index is 5.86. The number of nitrogens with zero attached hydrogens (tertiary/aromatic N) is 1. The van der Waals surface area contributed by atoms with Gasteiger partial charge in [0, 0.05) is 12.3 Å². The Labute approximate surface area is 147 Å². The van der Waals surface area contributed by atoms with Crippen molar-refractivity contribution >= 4 is 0 Å². The number of fused-ring (bicyclic) bond motifs is 1. The number of oxazole rings is 1. The van der Waals surface area contributed by atoms with Gasteiger partial charge in [0.25, 0.3) is 0 Å². The zero-order chi connectivity index (χ0) is 17.2. The Morgan fingerprint density at radius 2 is 2.04 bits per heavy atom. The van der Waals surface area contributed by atoms with E-state index >= 15 is 0 Å². The largest absolute Gasteiger partial charge is 0.445 e. The Bertz CT molecular complexity index is 519. The highest BCUT2D eigenvalue weighted by atomic mass is 16.4. The monoisotopic (exact) mass is 330 g/mol. The van der Waals surface area contributed by atoms with Crippen LogP contribution in [-0.2, 0) is 12.8 Å². The molecule has 3 rings (SSSR count). The van der Waals surface area contributed by atoms with Gasteiger partial charge in [-0.25, -0.2) is 4.98 Å². The molecule has 0 saturated carbocycles. The Hall–Kier alpha value is -1.35. The van der Waals surface area contributed by atoms with Gasteiger partial charge in [-0.3, -0.25) is 0 Å². The molecular formula is C21H34N2O. The summed E-state index contributed by atoms with van der Waals surface area (Å²) in [5, 5.41) is 3.34. The van der Waals surface area contributed by atoms with Crippen LogP contribution in [0.5, 0.6) is 0 Å². The molecule has 0 amide bonds. The van der Waals surface area contributed by atoms with Gasteiger partial charge < -0.3 is 9.73 Å². The van der Waals surface area contributed by atoms with Gasteiger partial charge in [0.05, 0.1) is 5.69 Å². The number of aromatic nitrogens is 1. The third-order valence-corrected chi connectivity index (χ3v) is 4.77. The van der Waals surface area contributed by atoms with Crippen molar-refractivity contribution in [2.24, 2.45) is 0 Å². The third-order valence-electron chi connectivity index (χ3n) is 4.77. The van der Waals surface area contributed by atoms with Gasteiger partial charge in [0.2, 0.25) is 0 Å². The van der Waals surface area contributed by atoms with Crippen LogP contribution >= 0.6 is 0 Å². The fourth-order valence-corrected chi connectivity index (χ4v) is 3.13. The molecule has 1 atom stereocenters. The molecule has 3 heteroatoms. The van der Waals surface area contributed by atoms with E-state index in [9.17, 15) is 0 Å². The van der Waals surface area contributed by atoms with Crippen LogP contribution in [-0.4, -0.2) is 18.1 Å². The van der Waals surface area contributed by atoms with E-state index < -0.39 is 0 Å². The van der Waals surface area contributed by atoms with Gasteiger partial charge in [0.1, 0.15) is 5.76 Å². The van der Waals surface area contributed by atoms with Gasteiger partial charge in [0.15, 0.2) is 5.89 Å². The van der Waals surface area contributed by atoms with Crippen molar-refractivity contribution in [3.63, 3.8) is 0 Å². The smallest absolute Gasteiger partial charge is 0.197 e. The topological polar surface area (TPSA) is 38.1 Å². The fourth-order valence-electron chi connectivity index (χ4n) is 3.13. The summed E-state index contributed by atoms with van der Waals surface area (Å²) >= 11 is 0. The Morgan fingerprint density at radius 3 is 2.67 bits per heavy atom. The molecular weight excluding hydrogens is 296 g/mol. The Kier molecular flexibility index (Phi) is 8.31. The summed E-state index contributed by atoms with van der Waals surface area (Å²) in [6.45, 7) is 8.62. The van der Waals surface area contributed by atoms with Gasteiger partial charge in [-0.1, -0.05) is 44.6 Å². The minimum absolute atomic E-state index is 0.435. The number of hydrogen-bond acceptors (Lipinski definition) is 3. The lowest BCUT2D eigenvalue weighted by Crippen LogP contribution is -2.16. The van der Waals surface area contributed by atoms with Crippen molar-refractivity contribution in [3.05, 3.63) is 41.1 Å². The first kappa shape index (κ1) is 19.0. The lowest BCUT2D eigenvalue weighted by Gasteiger charge is -2.07. The average molecular weight is 331 g/mol. The van der Waals surface area contributed by atoms with E-state index in [1.54, 1.807) is 0 Å². The van der Waals surface area contributed by atoms with Crippen LogP contribution in [0, 0.1) is 0 Å². The van der Waals surface area contributed by atoms with Crippen LogP contribution in [0.25, 0.3) is 0 Å². The second kappa shape index (κ2) is 10.5. The van der Waals surface area contributed by atoms with E-state index in [4.69, 9.17) is 4.42 Å². The first-order chi connectivity index (χ1) is 11.7. The van der Waals surface area contributed by atoms with Crippen LogP contribution < -0.4 is 5.32 Å². The Morgan fingerprint density at radius 1 is 1.21 bits per heavy atom. The van der Waals surface area contributed by atoms with E-state index in [1.165, 1.54) is 43.4 Å². The average Bonchev–Trinajstić information content (AvgIpc) is 3.07. The van der Waals surface area contributed by atoms with Crippen molar-refractivity contribution in [1.29, 1.82) is 0 Å². The van der Waals surface area contributed by atoms with Crippen LogP contribution in [0.15, 0.2) is 28.2 Å². The first-order valence-corrected chi connectivity index (χ1v) is 9.79. The number of rotatable bonds is 6. The van der Waals surface area contributed by atoms with Crippen LogP contribution in [0.2, 0.25) is 0 Å². The van der Waals surface area contributed by atoms with Crippen LogP contribution in [0.1, 0.15) is 82.6 Å². The molecule has 0 saturated heterocycles. The van der Waals surface area contributed by atoms with Gasteiger partial charge >= 0.3 is 0 Å². The highest BCUT2D eigenvalue weighted by Gasteiger charge is 2.19. The third kappa shape index (κ3) is 5.94. The summed E-state index contributed by atoms with van der Waals surface area (Å²) in [4.78, 5) is 4.63. The molecule has 0 fully saturated rings. The van der Waals surface area contributed by atoms with Crippen molar-refractivity contribution in [3.8, 4) is 0 Å². The summed E-state index contributed by atoms with van der Waals surface area (Å²) in [7, 11) is 0. The van der Waals surface area contributed by atoms with Crippen molar-refractivity contribution in [1.82, 2.24) is 10.3 Å². The van der Waals surface area contributed by atoms with Gasteiger partial charge in [-0.2, -0.15) is 0 Å². The molecule has 1 aromatic heterocycles. The lowest BCUT2D eigenvalue weighted by molar-refractivity contribution is 0.405. The summed E-state index contributed by atoms with van der Waals surface area (Å²) in [6.07, 6.45) is 16.3. The van der Waals surface area contributed by atoms with Crippen molar-refractivity contribution in [2.45, 2.75) is 78.1 Å². The quantitative estimate of drug-likeness (QED) is 0.716. The number of nitrogens with one attached hydrogen (secondary N) is 1. The minimum atomic E-state index is 0.435. The molecule has 2 aliphatic carbocycles. The summed E-state index contributed by atoms with van der Waals surface area (Å²) in [5.74, 6) is 2.53. The molecule has 0 aliphatic heterocycles. The molecule has 3 nitrogen and oxygen atoms in total. The summed E-state index contributed by atoms with van der Waals surface area (Å²) < 4.78 is 5.86. The van der Waals surface area contributed by atoms with Crippen molar-refractivity contribution < 1.29 is 4.42 Å². The van der Waals surface area contributed by atoms with E-state index in [0.29, 0.717) is 5.92 Å². The van der Waals surface area contributed by atoms with E-state index in [0.717, 1.165) is 44.0 Å². The molecule has 134 valence electrons. The lowest BCUT2D eigenvalue weighted by atomic mass is 10.0. The standard InChI is InChI=1S/C13H22N2O.C8H12/c1-3-14-9-8-10(2)13-15-11-6-4-5-7-12(11)16-13;1-2-8-6-4-3-5-7-8/h10,14H,3-9H2,1-2H3;4,6-7H,2-3,5H2,1H3. The fraction of sp³-hybridized carbons (Fsp3) is 0.667. The summed E-state index contributed by atoms with van der Waals surface area (Å²) in [6, 6.07) is 0. The molecule has 0 spiro atoms. The van der Waals surface area contributed by atoms with Crippen LogP contribution in [0.4, 0.5) is 0 Å². The molecule has 1 N–H and O–H groups in total. The molecule has 1 unspecified atom stereocenters. The summed E-state index contributed by atoms with van der Waals surface area (Å²) in [5.41, 5.74) is 2.72. The first-order valence-electron chi connectivity index (χ1n) is 9.79. The van der Waals surface area contributed by atoms with E-state index in [1.807, 2.05) is 0 Å². The molecule has 24 heavy (non-hydrogen) atoms. The maximum atomic E-state index is 5.86. The maximum Gasteiger partial charge on any atom is 0.197 e. The molecule has 1 heterocycles. The van der Waals surface area contributed by atoms with Crippen LogP contribution in [0.3, 0.4) is 0 Å². The second-order valence-electron chi connectivity index (χ2n) is 6.78. The predicted octanol–water partition coefficient (Wildman–Crippen LogP) is 5.33. The number of allylic oxidation sites excluding steroid dienone is 4. The molecule has 2 aliphatic rings. The zero-order valence-corrected chi connectivity index (χ0v) is 15.7. The Balaban J connectivity index is 0.000000219. The van der Waals surface area contributed by atoms with Gasteiger partial charge in [-0.15, -0.1) is 0 Å². The van der Waals surface area contributed by atoms with E-state index in [2.05, 4.69) is 49.3 Å². The highest BCUT2D eigenvalue weighted by Crippen LogP contribution is 2.26. The SMILES string of the molecule is CCC1=CCCC=C1.CCNCCC(C)c1nc2c(o1)CCCC2. The second-order valence-corrected chi connectivity index (χ2v) is 6.78. The molecule has 0 radical (unpaired) electrons. The van der Waals surface area contributed by atoms with Gasteiger partial charge in [-0.05, 0) is 58.0 Å². The predicted molar refractivity (Wildman–Crippen MR) is 101 cm³/mol. The van der Waals surface area contributed by atoms with E-state index in [-0.39, 0.29) is 0 Å². The molecule has 0 aromatic carbocycles. The minimum Gasteiger partial charge on any atom is -0.445 e.